The first-order chi connectivity index (χ1) is 15.2. The van der Waals surface area contributed by atoms with Gasteiger partial charge in [-0.05, 0) is 92.3 Å². The van der Waals surface area contributed by atoms with Crippen molar-refractivity contribution in [1.29, 1.82) is 0 Å². The fraction of sp³-hybridized carbons (Fsp3) is 0.926. The molecule has 0 aromatic carbocycles. The van der Waals surface area contributed by atoms with Gasteiger partial charge in [0.1, 0.15) is 6.10 Å². The largest absolute Gasteiger partial charge is 0.469 e. The molecule has 0 aromatic rings. The van der Waals surface area contributed by atoms with Gasteiger partial charge in [-0.15, -0.1) is 0 Å². The maximum absolute atomic E-state index is 11.7. The summed E-state index contributed by atoms with van der Waals surface area (Å²) in [6.45, 7) is 8.94. The SMILES string of the molecule is COC(=O)CC[C@H](C)[C@@H]1CC[C@@H]2[C@@H]3CC[C@@H]4C[C@H](OC(C)=O)CC[C@]4(C)[C@H]3[C@@H]3O[C@@H]3[C@]21C. The van der Waals surface area contributed by atoms with E-state index in [0.29, 0.717) is 47.7 Å². The van der Waals surface area contributed by atoms with E-state index in [1.807, 2.05) is 0 Å². The predicted molar refractivity (Wildman–Crippen MR) is 121 cm³/mol. The van der Waals surface area contributed by atoms with Gasteiger partial charge in [0.2, 0.25) is 0 Å². The normalized spacial score (nSPS) is 49.7. The number of esters is 2. The molecule has 5 nitrogen and oxygen atoms in total. The Morgan fingerprint density at radius 2 is 1.91 bits per heavy atom. The van der Waals surface area contributed by atoms with Crippen molar-refractivity contribution < 1.29 is 23.8 Å². The maximum atomic E-state index is 11.7. The fourth-order valence-electron chi connectivity index (χ4n) is 9.54. The molecule has 4 saturated carbocycles. The first-order valence-electron chi connectivity index (χ1n) is 13.1. The molecule has 5 fully saturated rings. The van der Waals surface area contributed by atoms with Crippen molar-refractivity contribution in [2.75, 3.05) is 7.11 Å². The molecule has 0 radical (unpaired) electrons. The Hall–Kier alpha value is -1.10. The number of hydrogen-bond acceptors (Lipinski definition) is 5. The summed E-state index contributed by atoms with van der Waals surface area (Å²) < 4.78 is 17.1. The number of hydrogen-bond donors (Lipinski definition) is 0. The zero-order chi connectivity index (χ0) is 22.8. The predicted octanol–water partition coefficient (Wildman–Crippen LogP) is 5.15. The zero-order valence-corrected chi connectivity index (χ0v) is 20.6. The molecule has 1 heterocycles. The molecular formula is C27H42O5. The van der Waals surface area contributed by atoms with E-state index < -0.39 is 0 Å². The van der Waals surface area contributed by atoms with E-state index in [1.54, 1.807) is 0 Å². The molecule has 0 N–H and O–H groups in total. The molecule has 4 aliphatic carbocycles. The van der Waals surface area contributed by atoms with Gasteiger partial charge in [0.15, 0.2) is 0 Å². The Labute approximate surface area is 193 Å². The maximum Gasteiger partial charge on any atom is 0.305 e. The van der Waals surface area contributed by atoms with Crippen LogP contribution in [0.5, 0.6) is 0 Å². The highest BCUT2D eigenvalue weighted by molar-refractivity contribution is 5.69. The number of carbonyl (C=O) groups excluding carboxylic acids is 2. The zero-order valence-electron chi connectivity index (χ0n) is 20.6. The molecule has 0 aromatic heterocycles. The van der Waals surface area contributed by atoms with E-state index in [0.717, 1.165) is 37.5 Å². The van der Waals surface area contributed by atoms with Crippen molar-refractivity contribution >= 4 is 11.9 Å². The number of epoxide rings is 1. The van der Waals surface area contributed by atoms with E-state index in [4.69, 9.17) is 14.2 Å². The smallest absolute Gasteiger partial charge is 0.305 e. The molecule has 1 saturated heterocycles. The summed E-state index contributed by atoms with van der Waals surface area (Å²) in [5.41, 5.74) is 0.564. The van der Waals surface area contributed by atoms with E-state index in [2.05, 4.69) is 20.8 Å². The Morgan fingerprint density at radius 1 is 1.12 bits per heavy atom. The fourth-order valence-corrected chi connectivity index (χ4v) is 9.54. The Kier molecular flexibility index (Phi) is 5.66. The van der Waals surface area contributed by atoms with Crippen LogP contribution >= 0.6 is 0 Å². The number of methoxy groups -OCH3 is 1. The van der Waals surface area contributed by atoms with Gasteiger partial charge in [0.25, 0.3) is 0 Å². The number of rotatable bonds is 5. The number of fused-ring (bicyclic) bond motifs is 8. The van der Waals surface area contributed by atoms with Gasteiger partial charge < -0.3 is 14.2 Å². The minimum atomic E-state index is -0.135. The van der Waals surface area contributed by atoms with E-state index in [-0.39, 0.29) is 23.5 Å². The Balaban J connectivity index is 1.33. The van der Waals surface area contributed by atoms with Gasteiger partial charge in [-0.3, -0.25) is 9.59 Å². The molecule has 180 valence electrons. The van der Waals surface area contributed by atoms with Crippen molar-refractivity contribution in [3.8, 4) is 0 Å². The lowest BCUT2D eigenvalue weighted by atomic mass is 9.44. The quantitative estimate of drug-likeness (QED) is 0.431. The number of ether oxygens (including phenoxy) is 3. The van der Waals surface area contributed by atoms with Gasteiger partial charge in [-0.1, -0.05) is 20.8 Å². The lowest BCUT2D eigenvalue weighted by Gasteiger charge is -2.59. The second kappa shape index (κ2) is 7.99. The molecule has 0 unspecified atom stereocenters. The van der Waals surface area contributed by atoms with Crippen molar-refractivity contribution in [2.45, 2.75) is 104 Å². The second-order valence-corrected chi connectivity index (χ2v) is 12.2. The minimum Gasteiger partial charge on any atom is -0.469 e. The molecule has 1 aliphatic heterocycles. The molecule has 0 spiro atoms. The monoisotopic (exact) mass is 446 g/mol. The standard InChI is InChI=1S/C27H42O5/c1-15(6-11-22(29)30-5)20-9-10-21-19-8-7-17-14-18(31-16(2)28)12-13-26(17,3)23(19)24-25(32-24)27(20,21)4/h15,17-21,23-25H,6-14H2,1-5H3/t15-,17+,18+,19-,20-,21+,23+,24-,25-,26-,27-/m0/s1. The molecule has 32 heavy (non-hydrogen) atoms. The molecule has 5 rings (SSSR count). The van der Waals surface area contributed by atoms with Crippen molar-refractivity contribution in [2.24, 2.45) is 46.3 Å². The summed E-state index contributed by atoms with van der Waals surface area (Å²) >= 11 is 0. The number of carbonyl (C=O) groups is 2. The first-order valence-corrected chi connectivity index (χ1v) is 13.1. The van der Waals surface area contributed by atoms with Crippen molar-refractivity contribution in [1.82, 2.24) is 0 Å². The molecule has 5 aliphatic rings. The average molecular weight is 447 g/mol. The van der Waals surface area contributed by atoms with Crippen LogP contribution in [0.25, 0.3) is 0 Å². The molecule has 5 heteroatoms. The molecule has 0 bridgehead atoms. The highest BCUT2D eigenvalue weighted by Gasteiger charge is 2.73. The summed E-state index contributed by atoms with van der Waals surface area (Å²) in [4.78, 5) is 23.2. The topological polar surface area (TPSA) is 65.1 Å². The van der Waals surface area contributed by atoms with Crippen molar-refractivity contribution in [3.05, 3.63) is 0 Å². The third kappa shape index (κ3) is 3.35. The Morgan fingerprint density at radius 3 is 2.62 bits per heavy atom. The molecular weight excluding hydrogens is 404 g/mol. The van der Waals surface area contributed by atoms with Crippen LogP contribution < -0.4 is 0 Å². The summed E-state index contributed by atoms with van der Waals surface area (Å²) in [5, 5.41) is 0. The van der Waals surface area contributed by atoms with Crippen LogP contribution in [0.2, 0.25) is 0 Å². The lowest BCUT2D eigenvalue weighted by molar-refractivity contribution is -0.158. The van der Waals surface area contributed by atoms with Gasteiger partial charge in [0.05, 0.1) is 19.3 Å². The average Bonchev–Trinajstić information content (AvgIpc) is 3.47. The summed E-state index contributed by atoms with van der Waals surface area (Å²) in [6, 6.07) is 0. The van der Waals surface area contributed by atoms with Crippen LogP contribution in [-0.2, 0) is 23.8 Å². The summed E-state index contributed by atoms with van der Waals surface area (Å²) in [5.74, 6) is 3.74. The van der Waals surface area contributed by atoms with Crippen LogP contribution in [0.3, 0.4) is 0 Å². The lowest BCUT2D eigenvalue weighted by Crippen LogP contribution is -2.57. The third-order valence-corrected chi connectivity index (χ3v) is 11.0. The van der Waals surface area contributed by atoms with Gasteiger partial charge in [0, 0.05) is 18.8 Å². The summed E-state index contributed by atoms with van der Waals surface area (Å²) in [6.07, 6.45) is 10.7. The van der Waals surface area contributed by atoms with Gasteiger partial charge >= 0.3 is 11.9 Å². The molecule has 11 atom stereocenters. The van der Waals surface area contributed by atoms with Gasteiger partial charge in [-0.25, -0.2) is 0 Å². The van der Waals surface area contributed by atoms with Crippen LogP contribution in [0, 0.1) is 46.3 Å². The van der Waals surface area contributed by atoms with Crippen LogP contribution in [-0.4, -0.2) is 37.4 Å². The highest BCUT2D eigenvalue weighted by atomic mass is 16.6. The Bertz CT molecular complexity index is 765. The molecule has 0 amide bonds. The van der Waals surface area contributed by atoms with Gasteiger partial charge in [-0.2, -0.15) is 0 Å². The van der Waals surface area contributed by atoms with Crippen molar-refractivity contribution in [3.63, 3.8) is 0 Å². The highest BCUT2D eigenvalue weighted by Crippen LogP contribution is 2.73. The second-order valence-electron chi connectivity index (χ2n) is 12.2. The van der Waals surface area contributed by atoms with E-state index in [9.17, 15) is 9.59 Å². The minimum absolute atomic E-state index is 0.0867. The van der Waals surface area contributed by atoms with Crippen LogP contribution in [0.4, 0.5) is 0 Å². The van der Waals surface area contributed by atoms with Crippen LogP contribution in [0.1, 0.15) is 85.5 Å². The van der Waals surface area contributed by atoms with E-state index in [1.165, 1.54) is 39.7 Å². The summed E-state index contributed by atoms with van der Waals surface area (Å²) in [7, 11) is 1.49. The third-order valence-electron chi connectivity index (χ3n) is 11.0. The first kappa shape index (κ1) is 22.7. The van der Waals surface area contributed by atoms with E-state index >= 15 is 0 Å². The van der Waals surface area contributed by atoms with Crippen LogP contribution in [0.15, 0.2) is 0 Å².